The molecule has 1 aromatic heterocycles. The molecule has 2 N–H and O–H groups in total. The van der Waals surface area contributed by atoms with E-state index in [1.165, 1.54) is 0 Å². The summed E-state index contributed by atoms with van der Waals surface area (Å²) >= 11 is 1.71. The van der Waals surface area contributed by atoms with Crippen molar-refractivity contribution in [2.75, 3.05) is 20.1 Å². The summed E-state index contributed by atoms with van der Waals surface area (Å²) in [6.45, 7) is 9.05. The SMILES string of the molecule is Cc1nc(CN(C)CC(C)(C)CN)cs1.Cl. The monoisotopic (exact) mass is 263 g/mol. The Morgan fingerprint density at radius 1 is 1.50 bits per heavy atom. The Morgan fingerprint density at radius 2 is 2.12 bits per heavy atom. The smallest absolute Gasteiger partial charge is 0.0897 e. The molecular weight excluding hydrogens is 242 g/mol. The van der Waals surface area contributed by atoms with E-state index in [1.54, 1.807) is 11.3 Å². The van der Waals surface area contributed by atoms with E-state index in [0.29, 0.717) is 6.54 Å². The fraction of sp³-hybridized carbons (Fsp3) is 0.727. The molecule has 5 heteroatoms. The number of hydrogen-bond acceptors (Lipinski definition) is 4. The van der Waals surface area contributed by atoms with Crippen LogP contribution in [-0.2, 0) is 6.54 Å². The van der Waals surface area contributed by atoms with Gasteiger partial charge in [-0.2, -0.15) is 0 Å². The van der Waals surface area contributed by atoms with Gasteiger partial charge in [-0.1, -0.05) is 13.8 Å². The lowest BCUT2D eigenvalue weighted by Crippen LogP contribution is -2.36. The van der Waals surface area contributed by atoms with Gasteiger partial charge >= 0.3 is 0 Å². The van der Waals surface area contributed by atoms with Crippen LogP contribution in [0.3, 0.4) is 0 Å². The number of rotatable bonds is 5. The second-order valence-corrected chi connectivity index (χ2v) is 5.96. The summed E-state index contributed by atoms with van der Waals surface area (Å²) in [6, 6.07) is 0. The van der Waals surface area contributed by atoms with Crippen molar-refractivity contribution in [1.29, 1.82) is 0 Å². The Bertz CT molecular complexity index is 312. The van der Waals surface area contributed by atoms with E-state index in [1.807, 2.05) is 6.92 Å². The number of nitrogens with two attached hydrogens (primary N) is 1. The maximum Gasteiger partial charge on any atom is 0.0897 e. The molecule has 1 rings (SSSR count). The molecule has 0 saturated heterocycles. The van der Waals surface area contributed by atoms with Crippen LogP contribution in [0.2, 0.25) is 0 Å². The van der Waals surface area contributed by atoms with E-state index in [2.05, 4.69) is 36.2 Å². The molecule has 1 heterocycles. The van der Waals surface area contributed by atoms with Crippen molar-refractivity contribution in [3.05, 3.63) is 16.1 Å². The quantitative estimate of drug-likeness (QED) is 0.886. The third-order valence-corrected chi connectivity index (χ3v) is 3.17. The van der Waals surface area contributed by atoms with E-state index in [4.69, 9.17) is 5.73 Å². The van der Waals surface area contributed by atoms with E-state index < -0.39 is 0 Å². The molecule has 0 unspecified atom stereocenters. The summed E-state index contributed by atoms with van der Waals surface area (Å²) < 4.78 is 0. The molecule has 0 bridgehead atoms. The van der Waals surface area contributed by atoms with Crippen molar-refractivity contribution in [2.45, 2.75) is 27.3 Å². The molecule has 1 aromatic rings. The van der Waals surface area contributed by atoms with Crippen molar-refractivity contribution in [3.63, 3.8) is 0 Å². The first-order chi connectivity index (χ1) is 6.93. The molecule has 0 aromatic carbocycles. The van der Waals surface area contributed by atoms with Gasteiger partial charge in [0.15, 0.2) is 0 Å². The van der Waals surface area contributed by atoms with Crippen LogP contribution in [0.1, 0.15) is 24.5 Å². The van der Waals surface area contributed by atoms with Gasteiger partial charge in [-0.25, -0.2) is 4.98 Å². The minimum atomic E-state index is 0. The highest BCUT2D eigenvalue weighted by Crippen LogP contribution is 2.16. The summed E-state index contributed by atoms with van der Waals surface area (Å²) in [5.41, 5.74) is 7.05. The highest BCUT2D eigenvalue weighted by molar-refractivity contribution is 7.09. The predicted octanol–water partition coefficient (Wildman–Crippen LogP) is 2.29. The van der Waals surface area contributed by atoms with E-state index in [-0.39, 0.29) is 17.8 Å². The Hall–Kier alpha value is -0.160. The predicted molar refractivity (Wildman–Crippen MR) is 73.3 cm³/mol. The molecule has 0 aliphatic rings. The number of aryl methyl sites for hydroxylation is 1. The molecule has 0 fully saturated rings. The van der Waals surface area contributed by atoms with Crippen LogP contribution in [0, 0.1) is 12.3 Å². The summed E-state index contributed by atoms with van der Waals surface area (Å²) in [4.78, 5) is 6.73. The van der Waals surface area contributed by atoms with Gasteiger partial charge in [-0.15, -0.1) is 23.7 Å². The van der Waals surface area contributed by atoms with Crippen LogP contribution in [0.15, 0.2) is 5.38 Å². The Morgan fingerprint density at radius 3 is 2.56 bits per heavy atom. The topological polar surface area (TPSA) is 42.2 Å². The van der Waals surface area contributed by atoms with Gasteiger partial charge in [0, 0.05) is 18.5 Å². The third kappa shape index (κ3) is 5.25. The normalized spacial score (nSPS) is 11.6. The van der Waals surface area contributed by atoms with E-state index in [0.717, 1.165) is 23.8 Å². The van der Waals surface area contributed by atoms with Crippen molar-refractivity contribution in [1.82, 2.24) is 9.88 Å². The first-order valence-corrected chi connectivity index (χ1v) is 6.10. The van der Waals surface area contributed by atoms with Crippen LogP contribution in [-0.4, -0.2) is 30.0 Å². The van der Waals surface area contributed by atoms with Crippen LogP contribution < -0.4 is 5.73 Å². The average molecular weight is 264 g/mol. The zero-order valence-electron chi connectivity index (χ0n) is 10.5. The lowest BCUT2D eigenvalue weighted by atomic mass is 9.93. The second kappa shape index (κ2) is 6.55. The number of nitrogens with zero attached hydrogens (tertiary/aromatic N) is 2. The lowest BCUT2D eigenvalue weighted by molar-refractivity contribution is 0.208. The number of halogens is 1. The maximum atomic E-state index is 5.71. The summed E-state index contributed by atoms with van der Waals surface area (Å²) in [6.07, 6.45) is 0. The highest BCUT2D eigenvalue weighted by atomic mass is 35.5. The molecule has 0 aliphatic heterocycles. The summed E-state index contributed by atoms with van der Waals surface area (Å²) in [7, 11) is 2.12. The van der Waals surface area contributed by atoms with Gasteiger partial charge < -0.3 is 5.73 Å². The maximum absolute atomic E-state index is 5.71. The lowest BCUT2D eigenvalue weighted by Gasteiger charge is -2.28. The molecule has 0 saturated carbocycles. The Balaban J connectivity index is 0.00000225. The summed E-state index contributed by atoms with van der Waals surface area (Å²) in [5, 5.41) is 3.26. The molecule has 0 amide bonds. The first kappa shape index (κ1) is 15.8. The molecule has 3 nitrogen and oxygen atoms in total. The van der Waals surface area contributed by atoms with Crippen LogP contribution in [0.5, 0.6) is 0 Å². The van der Waals surface area contributed by atoms with Crippen molar-refractivity contribution in [3.8, 4) is 0 Å². The third-order valence-electron chi connectivity index (χ3n) is 2.35. The van der Waals surface area contributed by atoms with Crippen LogP contribution in [0.25, 0.3) is 0 Å². The van der Waals surface area contributed by atoms with Crippen molar-refractivity contribution < 1.29 is 0 Å². The Kier molecular flexibility index (Phi) is 6.48. The number of thiazole rings is 1. The molecule has 0 spiro atoms. The molecule has 0 aliphatic carbocycles. The second-order valence-electron chi connectivity index (χ2n) is 4.90. The highest BCUT2D eigenvalue weighted by Gasteiger charge is 2.18. The van der Waals surface area contributed by atoms with Crippen LogP contribution in [0.4, 0.5) is 0 Å². The molecule has 0 radical (unpaired) electrons. The summed E-state index contributed by atoms with van der Waals surface area (Å²) in [5.74, 6) is 0. The molecular formula is C11H22ClN3S. The van der Waals surface area contributed by atoms with E-state index >= 15 is 0 Å². The zero-order valence-corrected chi connectivity index (χ0v) is 12.1. The molecule has 0 atom stereocenters. The fourth-order valence-corrected chi connectivity index (χ4v) is 2.21. The average Bonchev–Trinajstić information content (AvgIpc) is 2.50. The van der Waals surface area contributed by atoms with Gasteiger partial charge in [-0.3, -0.25) is 4.90 Å². The van der Waals surface area contributed by atoms with Crippen LogP contribution >= 0.6 is 23.7 Å². The number of hydrogen-bond donors (Lipinski definition) is 1. The number of aromatic nitrogens is 1. The van der Waals surface area contributed by atoms with Gasteiger partial charge in [0.2, 0.25) is 0 Å². The van der Waals surface area contributed by atoms with Crippen molar-refractivity contribution >= 4 is 23.7 Å². The molecule has 16 heavy (non-hydrogen) atoms. The van der Waals surface area contributed by atoms with Gasteiger partial charge in [0.1, 0.15) is 0 Å². The largest absolute Gasteiger partial charge is 0.330 e. The molecule has 94 valence electrons. The zero-order chi connectivity index (χ0) is 11.5. The van der Waals surface area contributed by atoms with Crippen molar-refractivity contribution in [2.24, 2.45) is 11.1 Å². The first-order valence-electron chi connectivity index (χ1n) is 5.22. The van der Waals surface area contributed by atoms with Gasteiger partial charge in [0.05, 0.1) is 10.7 Å². The minimum absolute atomic E-state index is 0. The fourth-order valence-electron chi connectivity index (χ4n) is 1.61. The van der Waals surface area contributed by atoms with Gasteiger partial charge in [0.25, 0.3) is 0 Å². The van der Waals surface area contributed by atoms with E-state index in [9.17, 15) is 0 Å². The van der Waals surface area contributed by atoms with Gasteiger partial charge in [-0.05, 0) is 25.9 Å². The standard InChI is InChI=1S/C11H21N3S.ClH/c1-9-13-10(6-15-9)5-14(4)8-11(2,3)7-12;/h6H,5,7-8,12H2,1-4H3;1H. The minimum Gasteiger partial charge on any atom is -0.330 e. The Labute approximate surface area is 108 Å².